The molecule has 0 bridgehead atoms. The van der Waals surface area contributed by atoms with Gasteiger partial charge in [0.15, 0.2) is 0 Å². The Kier molecular flexibility index (Phi) is 2.01. The van der Waals surface area contributed by atoms with Crippen LogP contribution in [0.4, 0.5) is 0 Å². The third kappa shape index (κ3) is 1.18. The molecule has 3 rings (SSSR count). The average Bonchev–Trinajstić information content (AvgIpc) is 2.60. The molecule has 1 heteroatoms. The average molecular weight is 189 g/mol. The van der Waals surface area contributed by atoms with E-state index >= 15 is 0 Å². The van der Waals surface area contributed by atoms with Crippen LogP contribution in [0.5, 0.6) is 0 Å². The van der Waals surface area contributed by atoms with Crippen LogP contribution in [0.1, 0.15) is 38.5 Å². The zero-order chi connectivity index (χ0) is 9.43. The summed E-state index contributed by atoms with van der Waals surface area (Å²) in [5.74, 6) is 0. The molecular formula is C13H19N. The quantitative estimate of drug-likeness (QED) is 0.618. The van der Waals surface area contributed by atoms with Gasteiger partial charge < -0.3 is 5.32 Å². The lowest BCUT2D eigenvalue weighted by Gasteiger charge is -2.36. The first-order valence-electron chi connectivity index (χ1n) is 6.02. The molecule has 0 radical (unpaired) electrons. The van der Waals surface area contributed by atoms with Crippen LogP contribution in [0.15, 0.2) is 23.3 Å². The van der Waals surface area contributed by atoms with Crippen molar-refractivity contribution in [2.75, 3.05) is 13.1 Å². The summed E-state index contributed by atoms with van der Waals surface area (Å²) < 4.78 is 0. The first-order valence-corrected chi connectivity index (χ1v) is 6.02. The first kappa shape index (κ1) is 8.72. The van der Waals surface area contributed by atoms with Crippen molar-refractivity contribution in [2.45, 2.75) is 38.5 Å². The van der Waals surface area contributed by atoms with Gasteiger partial charge in [-0.3, -0.25) is 0 Å². The van der Waals surface area contributed by atoms with E-state index in [4.69, 9.17) is 0 Å². The zero-order valence-electron chi connectivity index (χ0n) is 8.81. The number of piperidine rings is 1. The summed E-state index contributed by atoms with van der Waals surface area (Å²) in [6.45, 7) is 2.45. The van der Waals surface area contributed by atoms with Gasteiger partial charge in [-0.15, -0.1) is 0 Å². The monoisotopic (exact) mass is 189 g/mol. The van der Waals surface area contributed by atoms with E-state index in [0.29, 0.717) is 5.41 Å². The van der Waals surface area contributed by atoms with Gasteiger partial charge in [-0.1, -0.05) is 12.2 Å². The third-order valence-corrected chi connectivity index (χ3v) is 4.26. The molecule has 2 fully saturated rings. The van der Waals surface area contributed by atoms with Crippen molar-refractivity contribution in [1.29, 1.82) is 0 Å². The standard InChI is InChI=1S/C13H19N/c1-2-4-12-11(3-1)5-6-13(12)7-9-14-10-8-13/h3-4,14H,1-2,5-10H2. The van der Waals surface area contributed by atoms with Crippen LogP contribution >= 0.6 is 0 Å². The third-order valence-electron chi connectivity index (χ3n) is 4.26. The molecule has 0 aromatic heterocycles. The molecule has 1 spiro atoms. The summed E-state index contributed by atoms with van der Waals surface area (Å²) in [6, 6.07) is 0. The van der Waals surface area contributed by atoms with Gasteiger partial charge in [0, 0.05) is 0 Å². The number of fused-ring (bicyclic) bond motifs is 2. The summed E-state index contributed by atoms with van der Waals surface area (Å²) in [4.78, 5) is 0. The highest BCUT2D eigenvalue weighted by Gasteiger charge is 2.41. The maximum absolute atomic E-state index is 3.48. The Hall–Kier alpha value is -0.560. The minimum atomic E-state index is 0.595. The minimum absolute atomic E-state index is 0.595. The summed E-state index contributed by atoms with van der Waals surface area (Å²) in [5, 5.41) is 3.48. The van der Waals surface area contributed by atoms with Crippen molar-refractivity contribution < 1.29 is 0 Å². The van der Waals surface area contributed by atoms with Gasteiger partial charge in [-0.2, -0.15) is 0 Å². The highest BCUT2D eigenvalue weighted by molar-refractivity contribution is 5.43. The van der Waals surface area contributed by atoms with Gasteiger partial charge in [0.1, 0.15) is 0 Å². The van der Waals surface area contributed by atoms with E-state index in [2.05, 4.69) is 17.5 Å². The van der Waals surface area contributed by atoms with E-state index in [1.807, 2.05) is 0 Å². The van der Waals surface area contributed by atoms with E-state index in [1.54, 1.807) is 11.1 Å². The lowest BCUT2D eigenvalue weighted by molar-refractivity contribution is 0.261. The highest BCUT2D eigenvalue weighted by atomic mass is 14.9. The minimum Gasteiger partial charge on any atom is -0.317 e. The summed E-state index contributed by atoms with van der Waals surface area (Å²) in [6.07, 6.45) is 13.1. The predicted molar refractivity (Wildman–Crippen MR) is 59.2 cm³/mol. The number of hydrogen-bond acceptors (Lipinski definition) is 1. The van der Waals surface area contributed by atoms with E-state index < -0.39 is 0 Å². The fraction of sp³-hybridized carbons (Fsp3) is 0.692. The van der Waals surface area contributed by atoms with Crippen LogP contribution in [-0.4, -0.2) is 13.1 Å². The van der Waals surface area contributed by atoms with Crippen molar-refractivity contribution in [3.63, 3.8) is 0 Å². The normalized spacial score (nSPS) is 29.7. The molecular weight excluding hydrogens is 170 g/mol. The molecule has 1 heterocycles. The Morgan fingerprint density at radius 1 is 1.00 bits per heavy atom. The SMILES string of the molecule is C1=C2CCC3(CCNCC3)C2=CCC1. The smallest absolute Gasteiger partial charge is 0.00203 e. The predicted octanol–water partition coefficient (Wildman–Crippen LogP) is 2.80. The van der Waals surface area contributed by atoms with Crippen LogP contribution in [0.25, 0.3) is 0 Å². The molecule has 1 aliphatic heterocycles. The molecule has 0 atom stereocenters. The molecule has 14 heavy (non-hydrogen) atoms. The van der Waals surface area contributed by atoms with Crippen molar-refractivity contribution in [3.05, 3.63) is 23.3 Å². The van der Waals surface area contributed by atoms with Crippen LogP contribution in [0.3, 0.4) is 0 Å². The summed E-state index contributed by atoms with van der Waals surface area (Å²) in [7, 11) is 0. The largest absolute Gasteiger partial charge is 0.317 e. The first-order chi connectivity index (χ1) is 6.91. The van der Waals surface area contributed by atoms with E-state index in [1.165, 1.54) is 51.6 Å². The molecule has 1 N–H and O–H groups in total. The summed E-state index contributed by atoms with van der Waals surface area (Å²) in [5.41, 5.74) is 4.03. The van der Waals surface area contributed by atoms with E-state index in [9.17, 15) is 0 Å². The molecule has 76 valence electrons. The number of rotatable bonds is 0. The van der Waals surface area contributed by atoms with Crippen LogP contribution in [0.2, 0.25) is 0 Å². The Morgan fingerprint density at radius 3 is 2.64 bits per heavy atom. The fourth-order valence-electron chi connectivity index (χ4n) is 3.45. The Balaban J connectivity index is 1.93. The van der Waals surface area contributed by atoms with Gasteiger partial charge in [0.25, 0.3) is 0 Å². The number of allylic oxidation sites excluding steroid dienone is 4. The molecule has 0 unspecified atom stereocenters. The van der Waals surface area contributed by atoms with Gasteiger partial charge in [0.05, 0.1) is 0 Å². The Morgan fingerprint density at radius 2 is 1.79 bits per heavy atom. The molecule has 1 saturated heterocycles. The maximum Gasteiger partial charge on any atom is -0.00203 e. The second-order valence-electron chi connectivity index (χ2n) is 4.95. The molecule has 1 saturated carbocycles. The molecule has 2 aliphatic carbocycles. The second-order valence-corrected chi connectivity index (χ2v) is 4.95. The number of hydrogen-bond donors (Lipinski definition) is 1. The van der Waals surface area contributed by atoms with Crippen LogP contribution < -0.4 is 5.32 Å². The van der Waals surface area contributed by atoms with Crippen molar-refractivity contribution in [2.24, 2.45) is 5.41 Å². The van der Waals surface area contributed by atoms with Gasteiger partial charge in [-0.05, 0) is 68.2 Å². The van der Waals surface area contributed by atoms with Crippen molar-refractivity contribution in [3.8, 4) is 0 Å². The van der Waals surface area contributed by atoms with E-state index in [0.717, 1.165) is 0 Å². The Bertz CT molecular complexity index is 292. The van der Waals surface area contributed by atoms with Crippen molar-refractivity contribution in [1.82, 2.24) is 5.32 Å². The fourth-order valence-corrected chi connectivity index (χ4v) is 3.45. The van der Waals surface area contributed by atoms with Crippen LogP contribution in [0, 0.1) is 5.41 Å². The van der Waals surface area contributed by atoms with Gasteiger partial charge >= 0.3 is 0 Å². The molecule has 3 aliphatic rings. The molecule has 0 aromatic rings. The van der Waals surface area contributed by atoms with Crippen molar-refractivity contribution >= 4 is 0 Å². The number of nitrogens with one attached hydrogen (secondary N) is 1. The lowest BCUT2D eigenvalue weighted by Crippen LogP contribution is -2.36. The molecule has 0 aromatic carbocycles. The second kappa shape index (κ2) is 3.23. The van der Waals surface area contributed by atoms with Gasteiger partial charge in [0.2, 0.25) is 0 Å². The molecule has 0 amide bonds. The zero-order valence-corrected chi connectivity index (χ0v) is 8.81. The highest BCUT2D eigenvalue weighted by Crippen LogP contribution is 2.53. The topological polar surface area (TPSA) is 12.0 Å². The Labute approximate surface area is 86.3 Å². The van der Waals surface area contributed by atoms with Crippen LogP contribution in [-0.2, 0) is 0 Å². The molecule has 1 nitrogen and oxygen atoms in total. The van der Waals surface area contributed by atoms with Gasteiger partial charge in [-0.25, -0.2) is 0 Å². The lowest BCUT2D eigenvalue weighted by atomic mass is 9.73. The maximum atomic E-state index is 3.48. The van der Waals surface area contributed by atoms with E-state index in [-0.39, 0.29) is 0 Å². The summed E-state index contributed by atoms with van der Waals surface area (Å²) >= 11 is 0.